The van der Waals surface area contributed by atoms with Gasteiger partial charge in [-0.1, -0.05) is 0 Å². The molecule has 0 spiro atoms. The number of aromatic nitrogens is 3. The van der Waals surface area contributed by atoms with E-state index in [1.54, 1.807) is 12.4 Å². The van der Waals surface area contributed by atoms with Crippen LogP contribution < -0.4 is 0 Å². The van der Waals surface area contributed by atoms with E-state index in [0.29, 0.717) is 11.4 Å². The van der Waals surface area contributed by atoms with Gasteiger partial charge in [-0.15, -0.1) is 11.8 Å². The molecule has 0 fully saturated rings. The van der Waals surface area contributed by atoms with Gasteiger partial charge in [-0.05, 0) is 12.1 Å². The molecular weight excluding hydrogens is 238 g/mol. The molecule has 0 aliphatic rings. The molecule has 2 heterocycles. The zero-order chi connectivity index (χ0) is 12.1. The third kappa shape index (κ3) is 3.01. The number of aromatic carboxylic acids is 1. The number of carboxylic acids is 1. The van der Waals surface area contributed by atoms with Crippen molar-refractivity contribution in [3.63, 3.8) is 0 Å². The van der Waals surface area contributed by atoms with Crippen LogP contribution >= 0.6 is 11.8 Å². The molecule has 86 valence electrons. The summed E-state index contributed by atoms with van der Waals surface area (Å²) in [6.45, 7) is 0. The van der Waals surface area contributed by atoms with Crippen molar-refractivity contribution < 1.29 is 9.90 Å². The van der Waals surface area contributed by atoms with Crippen molar-refractivity contribution in [3.8, 4) is 0 Å². The molecule has 0 radical (unpaired) electrons. The Bertz CT molecular complexity index is 519. The first-order valence-electron chi connectivity index (χ1n) is 4.82. The summed E-state index contributed by atoms with van der Waals surface area (Å²) in [5, 5.41) is 8.96. The zero-order valence-electron chi connectivity index (χ0n) is 8.78. The van der Waals surface area contributed by atoms with Gasteiger partial charge in [0.05, 0.1) is 5.69 Å². The van der Waals surface area contributed by atoms with E-state index in [0.717, 1.165) is 4.90 Å². The average Bonchev–Trinajstić information content (AvgIpc) is 2.38. The van der Waals surface area contributed by atoms with Crippen molar-refractivity contribution in [2.45, 2.75) is 10.6 Å². The maximum atomic E-state index is 10.9. The molecule has 2 aromatic rings. The minimum Gasteiger partial charge on any atom is -0.478 e. The van der Waals surface area contributed by atoms with Crippen molar-refractivity contribution in [2.75, 3.05) is 0 Å². The van der Waals surface area contributed by atoms with Crippen LogP contribution in [0.2, 0.25) is 0 Å². The summed E-state index contributed by atoms with van der Waals surface area (Å²) in [5.41, 5.74) is 0.670. The van der Waals surface area contributed by atoms with Crippen LogP contribution in [0.4, 0.5) is 0 Å². The number of carbonyl (C=O) groups is 1. The van der Waals surface area contributed by atoms with E-state index in [4.69, 9.17) is 5.11 Å². The van der Waals surface area contributed by atoms with Gasteiger partial charge in [0, 0.05) is 29.2 Å². The lowest BCUT2D eigenvalue weighted by molar-refractivity contribution is 0.0695. The molecule has 0 atom stereocenters. The molecule has 17 heavy (non-hydrogen) atoms. The number of rotatable bonds is 4. The van der Waals surface area contributed by atoms with Crippen LogP contribution in [0.1, 0.15) is 16.1 Å². The first kappa shape index (κ1) is 11.5. The van der Waals surface area contributed by atoms with Crippen LogP contribution in [0.25, 0.3) is 0 Å². The van der Waals surface area contributed by atoms with Gasteiger partial charge < -0.3 is 5.11 Å². The summed E-state index contributed by atoms with van der Waals surface area (Å²) < 4.78 is 0. The van der Waals surface area contributed by atoms with Crippen molar-refractivity contribution in [3.05, 3.63) is 48.3 Å². The van der Waals surface area contributed by atoms with Crippen LogP contribution in [-0.4, -0.2) is 26.0 Å². The SMILES string of the molecule is O=C(O)c1cncnc1CSc1ccncc1. The molecule has 0 aliphatic heterocycles. The van der Waals surface area contributed by atoms with Gasteiger partial charge in [-0.2, -0.15) is 0 Å². The van der Waals surface area contributed by atoms with Gasteiger partial charge in [-0.3, -0.25) is 4.98 Å². The normalized spacial score (nSPS) is 10.1. The molecule has 2 rings (SSSR count). The lowest BCUT2D eigenvalue weighted by atomic mass is 10.2. The molecule has 0 unspecified atom stereocenters. The number of hydrogen-bond donors (Lipinski definition) is 1. The maximum absolute atomic E-state index is 10.9. The third-order valence-electron chi connectivity index (χ3n) is 2.05. The second-order valence-corrected chi connectivity index (χ2v) is 4.21. The highest BCUT2D eigenvalue weighted by Crippen LogP contribution is 2.22. The van der Waals surface area contributed by atoms with Crippen molar-refractivity contribution in [1.29, 1.82) is 0 Å². The van der Waals surface area contributed by atoms with E-state index in [9.17, 15) is 4.79 Å². The zero-order valence-corrected chi connectivity index (χ0v) is 9.59. The summed E-state index contributed by atoms with van der Waals surface area (Å²) >= 11 is 1.51. The third-order valence-corrected chi connectivity index (χ3v) is 3.07. The van der Waals surface area contributed by atoms with E-state index in [2.05, 4.69) is 15.0 Å². The minimum absolute atomic E-state index is 0.147. The minimum atomic E-state index is -1.00. The second kappa shape index (κ2) is 5.40. The maximum Gasteiger partial charge on any atom is 0.339 e. The van der Waals surface area contributed by atoms with E-state index in [1.165, 1.54) is 24.3 Å². The number of pyridine rings is 1. The lowest BCUT2D eigenvalue weighted by Crippen LogP contribution is -2.04. The van der Waals surface area contributed by atoms with Crippen molar-refractivity contribution >= 4 is 17.7 Å². The fraction of sp³-hybridized carbons (Fsp3) is 0.0909. The molecule has 2 aromatic heterocycles. The first-order chi connectivity index (χ1) is 8.27. The highest BCUT2D eigenvalue weighted by atomic mass is 32.2. The molecule has 5 nitrogen and oxygen atoms in total. The molecule has 6 heteroatoms. The largest absolute Gasteiger partial charge is 0.478 e. The summed E-state index contributed by atoms with van der Waals surface area (Å²) in [5.74, 6) is -0.510. The summed E-state index contributed by atoms with van der Waals surface area (Å²) in [6.07, 6.45) is 6.06. The van der Waals surface area contributed by atoms with Gasteiger partial charge >= 0.3 is 5.97 Å². The number of thioether (sulfide) groups is 1. The predicted octanol–water partition coefficient (Wildman–Crippen LogP) is 1.86. The summed E-state index contributed by atoms with van der Waals surface area (Å²) in [6, 6.07) is 3.73. The fourth-order valence-electron chi connectivity index (χ4n) is 1.23. The standard InChI is InChI=1S/C11H9N3O2S/c15-11(16)9-5-13-7-14-10(9)6-17-8-1-3-12-4-2-8/h1-5,7H,6H2,(H,15,16). The quantitative estimate of drug-likeness (QED) is 0.831. The molecule has 0 saturated carbocycles. The van der Waals surface area contributed by atoms with Gasteiger partial charge in [0.1, 0.15) is 11.9 Å². The molecule has 1 N–H and O–H groups in total. The van der Waals surface area contributed by atoms with Crippen molar-refractivity contribution in [1.82, 2.24) is 15.0 Å². The Kier molecular flexibility index (Phi) is 3.66. The lowest BCUT2D eigenvalue weighted by Gasteiger charge is -2.03. The van der Waals surface area contributed by atoms with Gasteiger partial charge in [0.15, 0.2) is 0 Å². The highest BCUT2D eigenvalue weighted by molar-refractivity contribution is 7.98. The Morgan fingerprint density at radius 2 is 2.06 bits per heavy atom. The van der Waals surface area contributed by atoms with E-state index >= 15 is 0 Å². The Hall–Kier alpha value is -1.95. The molecule has 0 saturated heterocycles. The van der Waals surface area contributed by atoms with Crippen LogP contribution in [0, 0.1) is 0 Å². The first-order valence-corrected chi connectivity index (χ1v) is 5.81. The average molecular weight is 247 g/mol. The Morgan fingerprint density at radius 1 is 1.29 bits per heavy atom. The highest BCUT2D eigenvalue weighted by Gasteiger charge is 2.11. The molecular formula is C11H9N3O2S. The molecule has 0 amide bonds. The van der Waals surface area contributed by atoms with Crippen LogP contribution in [0.5, 0.6) is 0 Å². The summed E-state index contributed by atoms with van der Waals surface area (Å²) in [4.78, 5) is 23.6. The van der Waals surface area contributed by atoms with Crippen LogP contribution in [0.3, 0.4) is 0 Å². The predicted molar refractivity (Wildman–Crippen MR) is 62.8 cm³/mol. The van der Waals surface area contributed by atoms with E-state index < -0.39 is 5.97 Å². The monoisotopic (exact) mass is 247 g/mol. The topological polar surface area (TPSA) is 76.0 Å². The van der Waals surface area contributed by atoms with Crippen LogP contribution in [0.15, 0.2) is 41.9 Å². The van der Waals surface area contributed by atoms with Gasteiger partial charge in [0.25, 0.3) is 0 Å². The smallest absolute Gasteiger partial charge is 0.339 e. The van der Waals surface area contributed by atoms with E-state index in [-0.39, 0.29) is 5.56 Å². The van der Waals surface area contributed by atoms with Crippen LogP contribution in [-0.2, 0) is 5.75 Å². The molecule has 0 aliphatic carbocycles. The van der Waals surface area contributed by atoms with Gasteiger partial charge in [-0.25, -0.2) is 14.8 Å². The Balaban J connectivity index is 2.12. The Labute approximate surface area is 102 Å². The molecule has 0 bridgehead atoms. The number of hydrogen-bond acceptors (Lipinski definition) is 5. The second-order valence-electron chi connectivity index (χ2n) is 3.16. The number of carboxylic acid groups (broad SMARTS) is 1. The van der Waals surface area contributed by atoms with E-state index in [1.807, 2.05) is 12.1 Å². The summed E-state index contributed by atoms with van der Waals surface area (Å²) in [7, 11) is 0. The van der Waals surface area contributed by atoms with Crippen molar-refractivity contribution in [2.24, 2.45) is 0 Å². The number of nitrogens with zero attached hydrogens (tertiary/aromatic N) is 3. The van der Waals surface area contributed by atoms with Gasteiger partial charge in [0.2, 0.25) is 0 Å². The molecule has 0 aromatic carbocycles. The Morgan fingerprint density at radius 3 is 2.76 bits per heavy atom. The fourth-order valence-corrected chi connectivity index (χ4v) is 2.08.